The lowest BCUT2D eigenvalue weighted by Crippen LogP contribution is -2.13. The van der Waals surface area contributed by atoms with Crippen LogP contribution in [-0.4, -0.2) is 31.3 Å². The SMILES string of the molecule is Cc1cc(C(=O)OCCCS(=O)(=O)c2ccccc2)c(C)n1Cc1ccco1. The minimum Gasteiger partial charge on any atom is -0.467 e. The van der Waals surface area contributed by atoms with Gasteiger partial charge < -0.3 is 13.7 Å². The summed E-state index contributed by atoms with van der Waals surface area (Å²) in [6, 6.07) is 13.7. The van der Waals surface area contributed by atoms with Crippen molar-refractivity contribution in [2.24, 2.45) is 0 Å². The molecule has 0 fully saturated rings. The van der Waals surface area contributed by atoms with Crippen molar-refractivity contribution in [3.05, 3.63) is 77.5 Å². The first-order valence-electron chi connectivity index (χ1n) is 9.02. The van der Waals surface area contributed by atoms with E-state index in [2.05, 4.69) is 0 Å². The van der Waals surface area contributed by atoms with E-state index in [1.165, 1.54) is 0 Å². The fraction of sp³-hybridized carbons (Fsp3) is 0.286. The lowest BCUT2D eigenvalue weighted by Gasteiger charge is -2.08. The van der Waals surface area contributed by atoms with Crippen molar-refractivity contribution in [2.45, 2.75) is 31.7 Å². The third-order valence-electron chi connectivity index (χ3n) is 4.58. The number of aromatic nitrogens is 1. The number of nitrogens with zero attached hydrogens (tertiary/aromatic N) is 1. The van der Waals surface area contributed by atoms with Crippen molar-refractivity contribution in [3.8, 4) is 0 Å². The van der Waals surface area contributed by atoms with Gasteiger partial charge in [-0.2, -0.15) is 0 Å². The Kier molecular flexibility index (Phi) is 6.04. The molecule has 0 saturated heterocycles. The molecular weight excluding hydrogens is 378 g/mol. The van der Waals surface area contributed by atoms with E-state index in [9.17, 15) is 13.2 Å². The van der Waals surface area contributed by atoms with Gasteiger partial charge in [0, 0.05) is 11.4 Å². The van der Waals surface area contributed by atoms with Crippen LogP contribution < -0.4 is 0 Å². The summed E-state index contributed by atoms with van der Waals surface area (Å²) < 4.78 is 37.2. The van der Waals surface area contributed by atoms with Crippen LogP contribution in [0, 0.1) is 13.8 Å². The lowest BCUT2D eigenvalue weighted by molar-refractivity contribution is 0.0504. The van der Waals surface area contributed by atoms with Crippen LogP contribution >= 0.6 is 0 Å². The summed E-state index contributed by atoms with van der Waals surface area (Å²) >= 11 is 0. The third-order valence-corrected chi connectivity index (χ3v) is 6.40. The summed E-state index contributed by atoms with van der Waals surface area (Å²) in [4.78, 5) is 12.7. The second kappa shape index (κ2) is 8.48. The molecule has 3 aromatic rings. The second-order valence-corrected chi connectivity index (χ2v) is 8.68. The Labute approximate surface area is 164 Å². The van der Waals surface area contributed by atoms with Gasteiger partial charge >= 0.3 is 5.97 Å². The van der Waals surface area contributed by atoms with E-state index in [0.29, 0.717) is 12.1 Å². The average Bonchev–Trinajstić information content (AvgIpc) is 3.29. The molecule has 0 amide bonds. The number of furan rings is 1. The number of ether oxygens (including phenoxy) is 1. The van der Waals surface area contributed by atoms with Gasteiger partial charge in [-0.1, -0.05) is 18.2 Å². The highest BCUT2D eigenvalue weighted by molar-refractivity contribution is 7.91. The molecule has 148 valence electrons. The molecule has 0 atom stereocenters. The molecule has 0 aliphatic carbocycles. The minimum atomic E-state index is -3.37. The van der Waals surface area contributed by atoms with Crippen molar-refractivity contribution < 1.29 is 22.4 Å². The maximum Gasteiger partial charge on any atom is 0.339 e. The van der Waals surface area contributed by atoms with E-state index in [0.717, 1.165) is 17.1 Å². The van der Waals surface area contributed by atoms with Crippen molar-refractivity contribution in [3.63, 3.8) is 0 Å². The second-order valence-electron chi connectivity index (χ2n) is 6.57. The molecular formula is C21H23NO5S. The van der Waals surface area contributed by atoms with Crippen LogP contribution in [0.4, 0.5) is 0 Å². The van der Waals surface area contributed by atoms with Crippen molar-refractivity contribution in [1.82, 2.24) is 4.57 Å². The van der Waals surface area contributed by atoms with E-state index in [1.807, 2.05) is 30.5 Å². The fourth-order valence-corrected chi connectivity index (χ4v) is 4.35. The number of hydrogen-bond donors (Lipinski definition) is 0. The van der Waals surface area contributed by atoms with Gasteiger partial charge in [0.25, 0.3) is 0 Å². The summed E-state index contributed by atoms with van der Waals surface area (Å²) in [7, 11) is -3.37. The van der Waals surface area contributed by atoms with Crippen LogP contribution in [0.2, 0.25) is 0 Å². The topological polar surface area (TPSA) is 78.5 Å². The molecule has 0 bridgehead atoms. The monoisotopic (exact) mass is 401 g/mol. The maximum absolute atomic E-state index is 12.4. The van der Waals surface area contributed by atoms with Crippen molar-refractivity contribution in [2.75, 3.05) is 12.4 Å². The maximum atomic E-state index is 12.4. The Hall–Kier alpha value is -2.80. The van der Waals surface area contributed by atoms with Crippen LogP contribution in [0.1, 0.15) is 33.9 Å². The normalized spacial score (nSPS) is 11.5. The molecule has 0 unspecified atom stereocenters. The molecule has 0 N–H and O–H groups in total. The standard InChI is InChI=1S/C21H23NO5S/c1-16-14-20(17(2)22(16)15-18-8-6-11-26-18)21(23)27-12-7-13-28(24,25)19-9-4-3-5-10-19/h3-6,8-11,14H,7,12-13,15H2,1-2H3. The number of sulfone groups is 1. The van der Waals surface area contributed by atoms with Gasteiger partial charge in [0.1, 0.15) is 5.76 Å². The highest BCUT2D eigenvalue weighted by Crippen LogP contribution is 2.19. The highest BCUT2D eigenvalue weighted by Gasteiger charge is 2.18. The summed E-state index contributed by atoms with van der Waals surface area (Å²) in [5.41, 5.74) is 2.19. The number of carbonyl (C=O) groups excluding carboxylic acids is 1. The minimum absolute atomic E-state index is 0.0484. The summed E-state index contributed by atoms with van der Waals surface area (Å²) in [5, 5.41) is 0. The Bertz CT molecular complexity index is 1030. The van der Waals surface area contributed by atoms with Gasteiger partial charge in [-0.15, -0.1) is 0 Å². The van der Waals surface area contributed by atoms with E-state index in [-0.39, 0.29) is 23.7 Å². The molecule has 0 aliphatic rings. The van der Waals surface area contributed by atoms with Crippen LogP contribution in [0.25, 0.3) is 0 Å². The predicted octanol–water partition coefficient (Wildman–Crippen LogP) is 3.77. The molecule has 2 heterocycles. The van der Waals surface area contributed by atoms with Crippen LogP contribution in [0.3, 0.4) is 0 Å². The number of hydrogen-bond acceptors (Lipinski definition) is 5. The number of rotatable bonds is 8. The van der Waals surface area contributed by atoms with Crippen LogP contribution in [-0.2, 0) is 21.1 Å². The molecule has 0 radical (unpaired) electrons. The fourth-order valence-electron chi connectivity index (χ4n) is 3.05. The largest absolute Gasteiger partial charge is 0.467 e. The third kappa shape index (κ3) is 4.54. The molecule has 0 spiro atoms. The van der Waals surface area contributed by atoms with Gasteiger partial charge in [0.05, 0.1) is 35.6 Å². The Balaban J connectivity index is 1.57. The summed E-state index contributed by atoms with van der Waals surface area (Å²) in [6.45, 7) is 4.35. The van der Waals surface area contributed by atoms with Gasteiger partial charge in [-0.3, -0.25) is 0 Å². The molecule has 6 nitrogen and oxygen atoms in total. The van der Waals surface area contributed by atoms with Crippen molar-refractivity contribution in [1.29, 1.82) is 0 Å². The Morgan fingerprint density at radius 3 is 2.54 bits per heavy atom. The number of aryl methyl sites for hydroxylation is 1. The first-order valence-corrected chi connectivity index (χ1v) is 10.7. The van der Waals surface area contributed by atoms with E-state index >= 15 is 0 Å². The molecule has 28 heavy (non-hydrogen) atoms. The number of esters is 1. The Morgan fingerprint density at radius 2 is 1.86 bits per heavy atom. The van der Waals surface area contributed by atoms with E-state index in [1.54, 1.807) is 42.7 Å². The zero-order chi connectivity index (χ0) is 20.1. The number of benzene rings is 1. The van der Waals surface area contributed by atoms with E-state index < -0.39 is 15.8 Å². The molecule has 0 saturated carbocycles. The smallest absolute Gasteiger partial charge is 0.339 e. The summed E-state index contributed by atoms with van der Waals surface area (Å²) in [6.07, 6.45) is 1.86. The molecule has 7 heteroatoms. The molecule has 2 aromatic heterocycles. The predicted molar refractivity (Wildman–Crippen MR) is 105 cm³/mol. The van der Waals surface area contributed by atoms with Crippen LogP contribution in [0.15, 0.2) is 64.1 Å². The summed E-state index contributed by atoms with van der Waals surface area (Å²) in [5.74, 6) is 0.283. The van der Waals surface area contributed by atoms with Crippen molar-refractivity contribution >= 4 is 15.8 Å². The molecule has 1 aromatic carbocycles. The first kappa shape index (κ1) is 19.9. The molecule has 0 aliphatic heterocycles. The van der Waals surface area contributed by atoms with Crippen LogP contribution in [0.5, 0.6) is 0 Å². The van der Waals surface area contributed by atoms with Gasteiger partial charge in [-0.05, 0) is 50.6 Å². The van der Waals surface area contributed by atoms with E-state index in [4.69, 9.17) is 9.15 Å². The Morgan fingerprint density at radius 1 is 1.11 bits per heavy atom. The zero-order valence-corrected chi connectivity index (χ0v) is 16.7. The number of carbonyl (C=O) groups is 1. The lowest BCUT2D eigenvalue weighted by atomic mass is 10.2. The average molecular weight is 401 g/mol. The zero-order valence-electron chi connectivity index (χ0n) is 15.9. The highest BCUT2D eigenvalue weighted by atomic mass is 32.2. The molecule has 3 rings (SSSR count). The first-order chi connectivity index (χ1) is 13.4. The van der Waals surface area contributed by atoms with Gasteiger partial charge in [0.2, 0.25) is 0 Å². The van der Waals surface area contributed by atoms with Gasteiger partial charge in [-0.25, -0.2) is 13.2 Å². The van der Waals surface area contributed by atoms with Gasteiger partial charge in [0.15, 0.2) is 9.84 Å². The quantitative estimate of drug-likeness (QED) is 0.424.